The first-order valence-electron chi connectivity index (χ1n) is 7.22. The van der Waals surface area contributed by atoms with Gasteiger partial charge in [-0.3, -0.25) is 4.79 Å². The third-order valence-corrected chi connectivity index (χ3v) is 3.61. The Balaban J connectivity index is 2.30. The average molecular weight is 299 g/mol. The number of carbonyl (C=O) groups excluding carboxylic acids is 1. The van der Waals surface area contributed by atoms with Crippen LogP contribution < -0.4 is 10.1 Å². The van der Waals surface area contributed by atoms with Crippen LogP contribution in [0, 0.1) is 13.8 Å². The second-order valence-corrected chi connectivity index (χ2v) is 5.35. The number of benzene rings is 2. The lowest BCUT2D eigenvalue weighted by Gasteiger charge is -2.19. The number of phenols is 1. The molecule has 2 aromatic rings. The molecule has 1 amide bonds. The molecule has 0 saturated heterocycles. The lowest BCUT2D eigenvalue weighted by atomic mass is 10.0. The van der Waals surface area contributed by atoms with Crippen molar-refractivity contribution >= 4 is 5.91 Å². The second kappa shape index (κ2) is 6.52. The van der Waals surface area contributed by atoms with E-state index in [1.165, 1.54) is 12.6 Å². The minimum absolute atomic E-state index is 0.0425. The average Bonchev–Trinajstić information content (AvgIpc) is 2.49. The number of amides is 1. The van der Waals surface area contributed by atoms with E-state index in [1.807, 2.05) is 39.0 Å². The molecular weight excluding hydrogens is 278 g/mol. The summed E-state index contributed by atoms with van der Waals surface area (Å²) in [6, 6.07) is 11.0. The molecule has 0 fully saturated rings. The molecule has 22 heavy (non-hydrogen) atoms. The summed E-state index contributed by atoms with van der Waals surface area (Å²) >= 11 is 0. The number of rotatable bonds is 4. The van der Waals surface area contributed by atoms with Crippen molar-refractivity contribution in [3.05, 3.63) is 58.7 Å². The summed E-state index contributed by atoms with van der Waals surface area (Å²) in [6.45, 7) is 5.86. The molecule has 0 spiro atoms. The Kier molecular flexibility index (Phi) is 4.71. The van der Waals surface area contributed by atoms with Gasteiger partial charge in [-0.2, -0.15) is 0 Å². The van der Waals surface area contributed by atoms with Crippen molar-refractivity contribution < 1.29 is 14.6 Å². The van der Waals surface area contributed by atoms with Gasteiger partial charge in [-0.25, -0.2) is 0 Å². The van der Waals surface area contributed by atoms with Gasteiger partial charge >= 0.3 is 0 Å². The number of nitrogens with one attached hydrogen (secondary N) is 1. The molecule has 1 atom stereocenters. The van der Waals surface area contributed by atoms with Gasteiger partial charge in [-0.05, 0) is 38.5 Å². The van der Waals surface area contributed by atoms with Crippen LogP contribution in [0.4, 0.5) is 0 Å². The molecular formula is C18H21NO3. The Morgan fingerprint density at radius 3 is 2.59 bits per heavy atom. The quantitative estimate of drug-likeness (QED) is 0.908. The van der Waals surface area contributed by atoms with Gasteiger partial charge in [-0.1, -0.05) is 29.8 Å². The van der Waals surface area contributed by atoms with Gasteiger partial charge < -0.3 is 15.2 Å². The summed E-state index contributed by atoms with van der Waals surface area (Å²) in [5.41, 5.74) is 3.04. The highest BCUT2D eigenvalue weighted by atomic mass is 16.5. The van der Waals surface area contributed by atoms with Gasteiger partial charge in [0.2, 0.25) is 0 Å². The Morgan fingerprint density at radius 1 is 1.23 bits per heavy atom. The molecule has 0 aliphatic carbocycles. The Bertz CT molecular complexity index is 695. The van der Waals surface area contributed by atoms with Crippen LogP contribution in [-0.4, -0.2) is 18.1 Å². The molecule has 4 heteroatoms. The Labute approximate surface area is 130 Å². The van der Waals surface area contributed by atoms with Crippen molar-refractivity contribution in [1.29, 1.82) is 0 Å². The summed E-state index contributed by atoms with van der Waals surface area (Å²) in [4.78, 5) is 11.7. The summed E-state index contributed by atoms with van der Waals surface area (Å²) < 4.78 is 5.94. The molecule has 0 aromatic heterocycles. The van der Waals surface area contributed by atoms with Crippen molar-refractivity contribution in [2.24, 2.45) is 0 Å². The van der Waals surface area contributed by atoms with E-state index in [-0.39, 0.29) is 23.3 Å². The number of hydrogen-bond acceptors (Lipinski definition) is 3. The smallest absolute Gasteiger partial charge is 0.254 e. The molecule has 0 heterocycles. The third kappa shape index (κ3) is 3.22. The largest absolute Gasteiger partial charge is 0.507 e. The molecule has 0 aliphatic rings. The molecule has 0 bridgehead atoms. The second-order valence-electron chi connectivity index (χ2n) is 5.35. The van der Waals surface area contributed by atoms with Crippen LogP contribution in [0.5, 0.6) is 11.5 Å². The fraction of sp³-hybridized carbons (Fsp3) is 0.278. The lowest BCUT2D eigenvalue weighted by molar-refractivity contribution is 0.0960. The minimum atomic E-state index is -0.369. The number of aryl methyl sites for hydroxylation is 2. The first-order valence-corrected chi connectivity index (χ1v) is 7.22. The van der Waals surface area contributed by atoms with E-state index in [1.54, 1.807) is 18.2 Å². The van der Waals surface area contributed by atoms with E-state index in [2.05, 4.69) is 5.32 Å². The van der Waals surface area contributed by atoms with Gasteiger partial charge in [0, 0.05) is 12.6 Å². The van der Waals surface area contributed by atoms with Gasteiger partial charge in [0.05, 0.1) is 5.56 Å². The number of aromatic hydroxyl groups is 1. The highest BCUT2D eigenvalue weighted by molar-refractivity contribution is 5.97. The molecule has 2 N–H and O–H groups in total. The van der Waals surface area contributed by atoms with Gasteiger partial charge in [0.15, 0.2) is 0 Å². The normalized spacial score (nSPS) is 11.8. The van der Waals surface area contributed by atoms with E-state index < -0.39 is 0 Å². The first kappa shape index (κ1) is 15.9. The van der Waals surface area contributed by atoms with Crippen molar-refractivity contribution in [3.8, 4) is 11.5 Å². The maximum Gasteiger partial charge on any atom is 0.254 e. The summed E-state index contributed by atoms with van der Waals surface area (Å²) in [5.74, 6) is 0.403. The van der Waals surface area contributed by atoms with Gasteiger partial charge in [-0.15, -0.1) is 0 Å². The van der Waals surface area contributed by atoms with E-state index >= 15 is 0 Å². The van der Waals surface area contributed by atoms with E-state index in [9.17, 15) is 9.90 Å². The SMILES string of the molecule is CNC(=O)c1cccc(C(C)Oc2ccc(C)cc2C)c1O. The van der Waals surface area contributed by atoms with Gasteiger partial charge in [0.25, 0.3) is 5.91 Å². The van der Waals surface area contributed by atoms with Gasteiger partial charge in [0.1, 0.15) is 17.6 Å². The summed E-state index contributed by atoms with van der Waals surface area (Å²) in [6.07, 6.45) is -0.369. The lowest BCUT2D eigenvalue weighted by Crippen LogP contribution is -2.18. The number of phenolic OH excluding ortho intramolecular Hbond substituents is 1. The van der Waals surface area contributed by atoms with E-state index in [0.717, 1.165) is 11.3 Å². The minimum Gasteiger partial charge on any atom is -0.507 e. The number of ether oxygens (including phenoxy) is 1. The van der Waals surface area contributed by atoms with Crippen LogP contribution in [0.1, 0.15) is 40.1 Å². The molecule has 0 radical (unpaired) electrons. The van der Waals surface area contributed by atoms with Crippen molar-refractivity contribution in [2.45, 2.75) is 26.9 Å². The zero-order valence-electron chi connectivity index (χ0n) is 13.3. The van der Waals surface area contributed by atoms with Crippen molar-refractivity contribution in [1.82, 2.24) is 5.32 Å². The molecule has 0 saturated carbocycles. The molecule has 1 unspecified atom stereocenters. The zero-order chi connectivity index (χ0) is 16.3. The standard InChI is InChI=1S/C18H21NO3/c1-11-8-9-16(12(2)10-11)22-13(3)14-6-5-7-15(17(14)20)18(21)19-4/h5-10,13,20H,1-4H3,(H,19,21). The van der Waals surface area contributed by atoms with Crippen molar-refractivity contribution in [2.75, 3.05) is 7.05 Å². The molecule has 116 valence electrons. The molecule has 2 rings (SSSR count). The van der Waals surface area contributed by atoms with Crippen LogP contribution in [0.15, 0.2) is 36.4 Å². The maximum absolute atomic E-state index is 11.7. The third-order valence-electron chi connectivity index (χ3n) is 3.61. The van der Waals surface area contributed by atoms with Crippen molar-refractivity contribution in [3.63, 3.8) is 0 Å². The highest BCUT2D eigenvalue weighted by Gasteiger charge is 2.18. The predicted octanol–water partition coefficient (Wildman–Crippen LogP) is 3.51. The van der Waals surface area contributed by atoms with E-state index in [4.69, 9.17) is 4.74 Å². The molecule has 2 aromatic carbocycles. The monoisotopic (exact) mass is 299 g/mol. The zero-order valence-corrected chi connectivity index (χ0v) is 13.3. The fourth-order valence-corrected chi connectivity index (χ4v) is 2.39. The summed E-state index contributed by atoms with van der Waals surface area (Å²) in [7, 11) is 1.53. The maximum atomic E-state index is 11.7. The number of carbonyl (C=O) groups is 1. The Morgan fingerprint density at radius 2 is 1.95 bits per heavy atom. The summed E-state index contributed by atoms with van der Waals surface area (Å²) in [5, 5.41) is 12.8. The first-order chi connectivity index (χ1) is 10.4. The number of para-hydroxylation sites is 1. The van der Waals surface area contributed by atoms with Crippen LogP contribution in [0.3, 0.4) is 0 Å². The Hall–Kier alpha value is -2.49. The van der Waals surface area contributed by atoms with Crippen LogP contribution in [-0.2, 0) is 0 Å². The van der Waals surface area contributed by atoms with E-state index in [0.29, 0.717) is 5.56 Å². The molecule has 4 nitrogen and oxygen atoms in total. The van der Waals surface area contributed by atoms with Crippen LogP contribution in [0.2, 0.25) is 0 Å². The van der Waals surface area contributed by atoms with Crippen LogP contribution >= 0.6 is 0 Å². The topological polar surface area (TPSA) is 58.6 Å². The molecule has 0 aliphatic heterocycles. The highest BCUT2D eigenvalue weighted by Crippen LogP contribution is 2.32. The fourth-order valence-electron chi connectivity index (χ4n) is 2.39. The van der Waals surface area contributed by atoms with Crippen LogP contribution in [0.25, 0.3) is 0 Å². The predicted molar refractivity (Wildman–Crippen MR) is 86.5 cm³/mol. The number of hydrogen-bond donors (Lipinski definition) is 2.